The quantitative estimate of drug-likeness (QED) is 0.622. The highest BCUT2D eigenvalue weighted by Crippen LogP contribution is 2.18. The van der Waals surface area contributed by atoms with Crippen molar-refractivity contribution in [3.63, 3.8) is 0 Å². The van der Waals surface area contributed by atoms with Crippen LogP contribution >= 0.6 is 0 Å². The fraction of sp³-hybridized carbons (Fsp3) is 0. The average Bonchev–Trinajstić information content (AvgIpc) is 2.17. The third-order valence-corrected chi connectivity index (χ3v) is 1.88. The number of aldehydes is 1. The summed E-state index contributed by atoms with van der Waals surface area (Å²) in [5.41, 5.74) is 0.149. The molecule has 1 aromatic carbocycles. The molecule has 0 bridgehead atoms. The molecule has 0 unspecified atom stereocenters. The Bertz CT molecular complexity index is 462. The molecule has 2 nitrogen and oxygen atoms in total. The molecule has 0 atom stereocenters. The second kappa shape index (κ2) is 2.94. The van der Waals surface area contributed by atoms with Crippen LogP contribution in [-0.2, 0) is 0 Å². The number of pyridine rings is 1. The molecule has 3 heteroatoms. The minimum Gasteiger partial charge on any atom is -0.296 e. The van der Waals surface area contributed by atoms with E-state index in [1.807, 2.05) is 0 Å². The van der Waals surface area contributed by atoms with Gasteiger partial charge in [-0.25, -0.2) is 4.39 Å². The number of hydrogen-bond acceptors (Lipinski definition) is 2. The molecule has 0 aliphatic carbocycles. The van der Waals surface area contributed by atoms with Crippen LogP contribution in [0.15, 0.2) is 30.5 Å². The highest BCUT2D eigenvalue weighted by atomic mass is 19.1. The number of fused-ring (bicyclic) bond motifs is 1. The maximum Gasteiger partial charge on any atom is 0.169 e. The van der Waals surface area contributed by atoms with Gasteiger partial charge < -0.3 is 0 Å². The first-order chi connectivity index (χ1) is 6.33. The van der Waals surface area contributed by atoms with Gasteiger partial charge in [0.05, 0.1) is 0 Å². The van der Waals surface area contributed by atoms with Crippen LogP contribution in [0.1, 0.15) is 10.5 Å². The van der Waals surface area contributed by atoms with E-state index in [-0.39, 0.29) is 5.69 Å². The van der Waals surface area contributed by atoms with Crippen molar-refractivity contribution in [2.75, 3.05) is 0 Å². The van der Waals surface area contributed by atoms with Crippen molar-refractivity contribution in [1.82, 2.24) is 4.98 Å². The third kappa shape index (κ3) is 1.18. The molecule has 2 aromatic rings. The second-order valence-electron chi connectivity index (χ2n) is 2.65. The van der Waals surface area contributed by atoms with Crippen molar-refractivity contribution in [3.8, 4) is 0 Å². The van der Waals surface area contributed by atoms with E-state index in [1.54, 1.807) is 18.2 Å². The molecule has 64 valence electrons. The minimum atomic E-state index is -0.410. The van der Waals surface area contributed by atoms with Gasteiger partial charge in [-0.1, -0.05) is 12.1 Å². The Morgan fingerprint density at radius 1 is 1.31 bits per heavy atom. The molecule has 0 aliphatic rings. The molecule has 0 fully saturated rings. The van der Waals surface area contributed by atoms with Gasteiger partial charge in [-0.05, 0) is 17.5 Å². The molecule has 0 amide bonds. The zero-order chi connectivity index (χ0) is 9.26. The number of rotatable bonds is 1. The zero-order valence-corrected chi connectivity index (χ0v) is 6.70. The van der Waals surface area contributed by atoms with E-state index in [9.17, 15) is 9.18 Å². The van der Waals surface area contributed by atoms with Crippen LogP contribution in [0.5, 0.6) is 0 Å². The van der Waals surface area contributed by atoms with Gasteiger partial charge in [0.25, 0.3) is 0 Å². The van der Waals surface area contributed by atoms with Gasteiger partial charge in [0.2, 0.25) is 0 Å². The number of aromatic nitrogens is 1. The number of carbonyl (C=O) groups excluding carboxylic acids is 1. The average molecular weight is 175 g/mol. The normalized spacial score (nSPS) is 10.2. The Morgan fingerprint density at radius 2 is 2.15 bits per heavy atom. The summed E-state index contributed by atoms with van der Waals surface area (Å²) in [4.78, 5) is 14.3. The van der Waals surface area contributed by atoms with Crippen molar-refractivity contribution in [2.45, 2.75) is 0 Å². The van der Waals surface area contributed by atoms with Crippen molar-refractivity contribution >= 4 is 17.1 Å². The molecular formula is C10H6FNO. The number of benzene rings is 1. The SMILES string of the molecule is O=Cc1nccc2cccc(F)c12. The van der Waals surface area contributed by atoms with Crippen molar-refractivity contribution in [3.05, 3.63) is 42.0 Å². The Kier molecular flexibility index (Phi) is 1.77. The van der Waals surface area contributed by atoms with Crippen LogP contribution in [0.3, 0.4) is 0 Å². The van der Waals surface area contributed by atoms with E-state index < -0.39 is 5.82 Å². The summed E-state index contributed by atoms with van der Waals surface area (Å²) in [5.74, 6) is -0.410. The fourth-order valence-electron chi connectivity index (χ4n) is 1.30. The van der Waals surface area contributed by atoms with E-state index in [0.29, 0.717) is 17.1 Å². The number of carbonyl (C=O) groups is 1. The molecule has 0 saturated carbocycles. The molecule has 0 N–H and O–H groups in total. The maximum absolute atomic E-state index is 13.2. The van der Waals surface area contributed by atoms with Gasteiger partial charge in [0, 0.05) is 11.6 Å². The lowest BCUT2D eigenvalue weighted by molar-refractivity contribution is 0.112. The summed E-state index contributed by atoms with van der Waals surface area (Å²) < 4.78 is 13.2. The lowest BCUT2D eigenvalue weighted by atomic mass is 10.1. The highest BCUT2D eigenvalue weighted by molar-refractivity contribution is 5.96. The van der Waals surface area contributed by atoms with E-state index in [2.05, 4.69) is 4.98 Å². The lowest BCUT2D eigenvalue weighted by Gasteiger charge is -1.99. The van der Waals surface area contributed by atoms with Crippen LogP contribution in [-0.4, -0.2) is 11.3 Å². The molecule has 2 rings (SSSR count). The van der Waals surface area contributed by atoms with E-state index in [1.165, 1.54) is 12.3 Å². The summed E-state index contributed by atoms with van der Waals surface area (Å²) in [6, 6.07) is 6.34. The number of nitrogens with zero attached hydrogens (tertiary/aromatic N) is 1. The van der Waals surface area contributed by atoms with Crippen LogP contribution < -0.4 is 0 Å². The largest absolute Gasteiger partial charge is 0.296 e. The lowest BCUT2D eigenvalue weighted by Crippen LogP contribution is -1.90. The Labute approximate surface area is 74.0 Å². The van der Waals surface area contributed by atoms with E-state index in [4.69, 9.17) is 0 Å². The second-order valence-corrected chi connectivity index (χ2v) is 2.65. The van der Waals surface area contributed by atoms with Gasteiger partial charge in [0.15, 0.2) is 6.29 Å². The summed E-state index contributed by atoms with van der Waals surface area (Å²) in [7, 11) is 0. The van der Waals surface area contributed by atoms with Gasteiger partial charge in [-0.2, -0.15) is 0 Å². The fourth-order valence-corrected chi connectivity index (χ4v) is 1.30. The molecule has 0 radical (unpaired) electrons. The Hall–Kier alpha value is -1.77. The molecule has 0 spiro atoms. The van der Waals surface area contributed by atoms with Crippen molar-refractivity contribution in [2.24, 2.45) is 0 Å². The Balaban J connectivity index is 2.94. The van der Waals surface area contributed by atoms with Crippen molar-refractivity contribution < 1.29 is 9.18 Å². The first-order valence-electron chi connectivity index (χ1n) is 3.81. The van der Waals surface area contributed by atoms with Crippen LogP contribution in [0.25, 0.3) is 10.8 Å². The number of hydrogen-bond donors (Lipinski definition) is 0. The summed E-state index contributed by atoms with van der Waals surface area (Å²) in [6.45, 7) is 0. The molecular weight excluding hydrogens is 169 g/mol. The summed E-state index contributed by atoms with van der Waals surface area (Å²) in [5, 5.41) is 0.983. The van der Waals surface area contributed by atoms with Crippen molar-refractivity contribution in [1.29, 1.82) is 0 Å². The van der Waals surface area contributed by atoms with Gasteiger partial charge in [-0.15, -0.1) is 0 Å². The first kappa shape index (κ1) is 7.86. The monoisotopic (exact) mass is 175 g/mol. The van der Waals surface area contributed by atoms with Gasteiger partial charge in [0.1, 0.15) is 11.5 Å². The predicted molar refractivity (Wildman–Crippen MR) is 47.1 cm³/mol. The topological polar surface area (TPSA) is 30.0 Å². The third-order valence-electron chi connectivity index (χ3n) is 1.88. The molecule has 0 aliphatic heterocycles. The zero-order valence-electron chi connectivity index (χ0n) is 6.70. The first-order valence-corrected chi connectivity index (χ1v) is 3.81. The highest BCUT2D eigenvalue weighted by Gasteiger charge is 2.05. The Morgan fingerprint density at radius 3 is 2.92 bits per heavy atom. The molecule has 0 saturated heterocycles. The molecule has 13 heavy (non-hydrogen) atoms. The van der Waals surface area contributed by atoms with Crippen LogP contribution in [0.2, 0.25) is 0 Å². The van der Waals surface area contributed by atoms with Crippen LogP contribution in [0.4, 0.5) is 4.39 Å². The summed E-state index contributed by atoms with van der Waals surface area (Å²) in [6.07, 6.45) is 2.05. The summed E-state index contributed by atoms with van der Waals surface area (Å²) >= 11 is 0. The van der Waals surface area contributed by atoms with E-state index >= 15 is 0 Å². The maximum atomic E-state index is 13.2. The van der Waals surface area contributed by atoms with Gasteiger partial charge in [-0.3, -0.25) is 9.78 Å². The minimum absolute atomic E-state index is 0.149. The smallest absolute Gasteiger partial charge is 0.169 e. The standard InChI is InChI=1S/C10H6FNO/c11-8-3-1-2-7-4-5-12-9(6-13)10(7)8/h1-6H. The van der Waals surface area contributed by atoms with E-state index in [0.717, 1.165) is 0 Å². The molecule has 1 heterocycles. The predicted octanol–water partition coefficient (Wildman–Crippen LogP) is 2.19. The van der Waals surface area contributed by atoms with Gasteiger partial charge >= 0.3 is 0 Å². The number of halogens is 1. The molecule has 1 aromatic heterocycles. The van der Waals surface area contributed by atoms with Crippen LogP contribution in [0, 0.1) is 5.82 Å².